The molecular weight excluding hydrogens is 352 g/mol. The van der Waals surface area contributed by atoms with E-state index in [1.807, 2.05) is 68.1 Å². The fourth-order valence-electron chi connectivity index (χ4n) is 3.46. The van der Waals surface area contributed by atoms with Gasteiger partial charge in [0.25, 0.3) is 11.8 Å². The number of rotatable bonds is 4. The first-order valence-corrected chi connectivity index (χ1v) is 9.79. The first kappa shape index (κ1) is 19.9. The number of hydrogen-bond acceptors (Lipinski definition) is 3. The Bertz CT molecular complexity index is 863. The Balaban J connectivity index is 1.57. The number of benzene rings is 2. The van der Waals surface area contributed by atoms with Gasteiger partial charge in [0.15, 0.2) is 6.61 Å². The Kier molecular flexibility index (Phi) is 6.34. The highest BCUT2D eigenvalue weighted by atomic mass is 16.5. The fraction of sp³-hybridized carbons (Fsp3) is 0.391. The van der Waals surface area contributed by atoms with E-state index < -0.39 is 0 Å². The van der Waals surface area contributed by atoms with Crippen molar-refractivity contribution in [3.63, 3.8) is 0 Å². The Morgan fingerprint density at radius 3 is 2.32 bits per heavy atom. The van der Waals surface area contributed by atoms with Gasteiger partial charge in [0.05, 0.1) is 0 Å². The molecule has 0 saturated carbocycles. The average molecular weight is 380 g/mol. The molecule has 1 aliphatic rings. The first-order chi connectivity index (χ1) is 13.5. The van der Waals surface area contributed by atoms with Crippen molar-refractivity contribution in [2.24, 2.45) is 0 Å². The van der Waals surface area contributed by atoms with Crippen molar-refractivity contribution in [3.8, 4) is 5.75 Å². The van der Waals surface area contributed by atoms with Crippen LogP contribution in [-0.2, 0) is 4.79 Å². The monoisotopic (exact) mass is 380 g/mol. The van der Waals surface area contributed by atoms with Crippen LogP contribution in [0.1, 0.15) is 33.5 Å². The number of amides is 2. The normalized spacial score (nSPS) is 14.5. The molecule has 5 nitrogen and oxygen atoms in total. The van der Waals surface area contributed by atoms with Gasteiger partial charge in [-0.05, 0) is 56.0 Å². The van der Waals surface area contributed by atoms with Crippen molar-refractivity contribution in [1.29, 1.82) is 0 Å². The Labute approximate surface area is 166 Å². The second-order valence-corrected chi connectivity index (χ2v) is 7.33. The van der Waals surface area contributed by atoms with Crippen molar-refractivity contribution in [3.05, 3.63) is 64.7 Å². The van der Waals surface area contributed by atoms with E-state index in [4.69, 9.17) is 4.74 Å². The van der Waals surface area contributed by atoms with Crippen LogP contribution >= 0.6 is 0 Å². The quantitative estimate of drug-likeness (QED) is 0.817. The molecule has 5 heteroatoms. The summed E-state index contributed by atoms with van der Waals surface area (Å²) in [5, 5.41) is 0. The molecule has 0 bridgehead atoms. The molecule has 28 heavy (non-hydrogen) atoms. The SMILES string of the molecule is Cc1ccccc1C(=O)N1CCCN(C(=O)COc2cccc(C)c2C)CC1. The number of carbonyl (C=O) groups excluding carboxylic acids is 2. The summed E-state index contributed by atoms with van der Waals surface area (Å²) in [6, 6.07) is 13.5. The lowest BCUT2D eigenvalue weighted by molar-refractivity contribution is -0.133. The molecule has 0 radical (unpaired) electrons. The van der Waals surface area contributed by atoms with Crippen LogP contribution in [-0.4, -0.2) is 54.4 Å². The zero-order valence-corrected chi connectivity index (χ0v) is 16.9. The van der Waals surface area contributed by atoms with E-state index in [1.54, 1.807) is 4.90 Å². The molecule has 148 valence electrons. The summed E-state index contributed by atoms with van der Waals surface area (Å²) in [4.78, 5) is 29.1. The number of ether oxygens (including phenoxy) is 1. The number of nitrogens with zero attached hydrogens (tertiary/aromatic N) is 2. The van der Waals surface area contributed by atoms with Gasteiger partial charge in [-0.25, -0.2) is 0 Å². The lowest BCUT2D eigenvalue weighted by atomic mass is 10.1. The lowest BCUT2D eigenvalue weighted by Gasteiger charge is -2.23. The Morgan fingerprint density at radius 1 is 0.857 bits per heavy atom. The van der Waals surface area contributed by atoms with Crippen LogP contribution in [0.25, 0.3) is 0 Å². The summed E-state index contributed by atoms with van der Waals surface area (Å²) in [6.45, 7) is 8.38. The van der Waals surface area contributed by atoms with E-state index in [0.29, 0.717) is 26.2 Å². The topological polar surface area (TPSA) is 49.9 Å². The van der Waals surface area contributed by atoms with Crippen LogP contribution in [0, 0.1) is 20.8 Å². The minimum Gasteiger partial charge on any atom is -0.483 e. The number of hydrogen-bond donors (Lipinski definition) is 0. The zero-order valence-electron chi connectivity index (χ0n) is 16.9. The second-order valence-electron chi connectivity index (χ2n) is 7.33. The number of carbonyl (C=O) groups is 2. The van der Waals surface area contributed by atoms with Gasteiger partial charge in [-0.15, -0.1) is 0 Å². The predicted molar refractivity (Wildman–Crippen MR) is 110 cm³/mol. The van der Waals surface area contributed by atoms with Gasteiger partial charge in [-0.1, -0.05) is 30.3 Å². The molecule has 0 N–H and O–H groups in total. The second kappa shape index (κ2) is 8.91. The van der Waals surface area contributed by atoms with Gasteiger partial charge >= 0.3 is 0 Å². The predicted octanol–water partition coefficient (Wildman–Crippen LogP) is 3.37. The molecule has 2 aromatic rings. The maximum atomic E-state index is 12.8. The molecular formula is C23H28N2O3. The Morgan fingerprint density at radius 2 is 1.54 bits per heavy atom. The van der Waals surface area contributed by atoms with Crippen LogP contribution < -0.4 is 4.74 Å². The molecule has 1 fully saturated rings. The number of aryl methyl sites for hydroxylation is 2. The average Bonchev–Trinajstić information content (AvgIpc) is 2.95. The van der Waals surface area contributed by atoms with E-state index in [-0.39, 0.29) is 18.4 Å². The molecule has 0 atom stereocenters. The van der Waals surface area contributed by atoms with E-state index >= 15 is 0 Å². The van der Waals surface area contributed by atoms with Gasteiger partial charge in [0.1, 0.15) is 5.75 Å². The van der Waals surface area contributed by atoms with Gasteiger partial charge in [0.2, 0.25) is 0 Å². The third kappa shape index (κ3) is 4.53. The van der Waals surface area contributed by atoms with Crippen LogP contribution in [0.2, 0.25) is 0 Å². The third-order valence-electron chi connectivity index (χ3n) is 5.42. The summed E-state index contributed by atoms with van der Waals surface area (Å²) >= 11 is 0. The van der Waals surface area contributed by atoms with Crippen molar-refractivity contribution in [2.75, 3.05) is 32.8 Å². The van der Waals surface area contributed by atoms with Crippen LogP contribution in [0.3, 0.4) is 0 Å². The minimum absolute atomic E-state index is 0.0238. The van der Waals surface area contributed by atoms with Crippen LogP contribution in [0.4, 0.5) is 0 Å². The summed E-state index contributed by atoms with van der Waals surface area (Å²) in [7, 11) is 0. The zero-order chi connectivity index (χ0) is 20.1. The molecule has 0 unspecified atom stereocenters. The molecule has 0 aliphatic carbocycles. The van der Waals surface area contributed by atoms with E-state index in [1.165, 1.54) is 0 Å². The Hall–Kier alpha value is -2.82. The summed E-state index contributed by atoms with van der Waals surface area (Å²) in [6.07, 6.45) is 0.771. The van der Waals surface area contributed by atoms with Gasteiger partial charge in [-0.3, -0.25) is 9.59 Å². The van der Waals surface area contributed by atoms with Gasteiger partial charge < -0.3 is 14.5 Å². The van der Waals surface area contributed by atoms with Crippen molar-refractivity contribution in [1.82, 2.24) is 9.80 Å². The highest BCUT2D eigenvalue weighted by Crippen LogP contribution is 2.20. The molecule has 0 aromatic heterocycles. The lowest BCUT2D eigenvalue weighted by Crippen LogP contribution is -2.39. The summed E-state index contributed by atoms with van der Waals surface area (Å²) < 4.78 is 5.76. The first-order valence-electron chi connectivity index (χ1n) is 9.79. The highest BCUT2D eigenvalue weighted by molar-refractivity contribution is 5.95. The molecule has 0 spiro atoms. The third-order valence-corrected chi connectivity index (χ3v) is 5.42. The molecule has 3 rings (SSSR count). The maximum Gasteiger partial charge on any atom is 0.260 e. The van der Waals surface area contributed by atoms with E-state index in [0.717, 1.165) is 34.4 Å². The van der Waals surface area contributed by atoms with Crippen molar-refractivity contribution < 1.29 is 14.3 Å². The minimum atomic E-state index is -0.0360. The van der Waals surface area contributed by atoms with E-state index in [2.05, 4.69) is 0 Å². The van der Waals surface area contributed by atoms with Crippen molar-refractivity contribution >= 4 is 11.8 Å². The highest BCUT2D eigenvalue weighted by Gasteiger charge is 2.23. The van der Waals surface area contributed by atoms with Gasteiger partial charge in [0, 0.05) is 31.7 Å². The van der Waals surface area contributed by atoms with Crippen LogP contribution in [0.5, 0.6) is 5.75 Å². The molecule has 2 amide bonds. The standard InChI is InChI=1S/C23H28N2O3/c1-17-9-6-11-21(19(17)3)28-16-22(26)24-12-7-13-25(15-14-24)23(27)20-10-5-4-8-18(20)2/h4-6,8-11H,7,12-16H2,1-3H3. The molecule has 1 aliphatic heterocycles. The largest absolute Gasteiger partial charge is 0.483 e. The van der Waals surface area contributed by atoms with E-state index in [9.17, 15) is 9.59 Å². The van der Waals surface area contributed by atoms with Crippen molar-refractivity contribution in [2.45, 2.75) is 27.2 Å². The fourth-order valence-corrected chi connectivity index (χ4v) is 3.46. The molecule has 1 saturated heterocycles. The summed E-state index contributed by atoms with van der Waals surface area (Å²) in [5.74, 6) is 0.754. The summed E-state index contributed by atoms with van der Waals surface area (Å²) in [5.41, 5.74) is 3.92. The molecule has 1 heterocycles. The van der Waals surface area contributed by atoms with Crippen LogP contribution in [0.15, 0.2) is 42.5 Å². The maximum absolute atomic E-state index is 12.8. The van der Waals surface area contributed by atoms with Gasteiger partial charge in [-0.2, -0.15) is 0 Å². The molecule has 2 aromatic carbocycles. The smallest absolute Gasteiger partial charge is 0.260 e.